The Morgan fingerprint density at radius 3 is 2.40 bits per heavy atom. The van der Waals surface area contributed by atoms with Gasteiger partial charge in [-0.3, -0.25) is 9.59 Å². The summed E-state index contributed by atoms with van der Waals surface area (Å²) in [6, 6.07) is 4.97. The maximum absolute atomic E-state index is 12.4. The average Bonchev–Trinajstić information content (AvgIpc) is 2.99. The van der Waals surface area contributed by atoms with Crippen LogP contribution in [-0.2, 0) is 14.1 Å². The third-order valence-electron chi connectivity index (χ3n) is 5.39. The Labute approximate surface area is 148 Å². The van der Waals surface area contributed by atoms with Gasteiger partial charge < -0.3 is 19.9 Å². The molecule has 0 unspecified atom stereocenters. The molecule has 0 aliphatic carbocycles. The van der Waals surface area contributed by atoms with E-state index in [2.05, 4.69) is 10.6 Å². The minimum absolute atomic E-state index is 0.126. The average molecular weight is 344 g/mol. The summed E-state index contributed by atoms with van der Waals surface area (Å²) in [5.74, 6) is -0.371. The van der Waals surface area contributed by atoms with Crippen LogP contribution in [0, 0.1) is 6.92 Å². The normalized spacial score (nSPS) is 24.3. The van der Waals surface area contributed by atoms with E-state index in [1.165, 1.54) is 0 Å². The summed E-state index contributed by atoms with van der Waals surface area (Å²) in [5.41, 5.74) is 1.54. The van der Waals surface area contributed by atoms with Crippen LogP contribution in [0.3, 0.4) is 0 Å². The van der Waals surface area contributed by atoms with E-state index in [4.69, 9.17) is 9.31 Å². The van der Waals surface area contributed by atoms with E-state index in [0.29, 0.717) is 18.5 Å². The number of carbonyl (C=O) groups excluding carboxylic acids is 2. The number of amides is 2. The van der Waals surface area contributed by atoms with Gasteiger partial charge in [0.05, 0.1) is 11.2 Å². The second-order valence-electron chi connectivity index (χ2n) is 7.77. The number of benzene rings is 1. The van der Waals surface area contributed by atoms with Crippen molar-refractivity contribution >= 4 is 24.4 Å². The van der Waals surface area contributed by atoms with E-state index in [9.17, 15) is 9.59 Å². The Kier molecular flexibility index (Phi) is 4.41. The number of nitrogens with one attached hydrogen (secondary N) is 2. The van der Waals surface area contributed by atoms with Gasteiger partial charge in [-0.05, 0) is 58.6 Å². The minimum Gasteiger partial charge on any atom is -0.399 e. The van der Waals surface area contributed by atoms with E-state index >= 15 is 0 Å². The lowest BCUT2D eigenvalue weighted by molar-refractivity contribution is -0.120. The van der Waals surface area contributed by atoms with E-state index in [0.717, 1.165) is 11.0 Å². The zero-order valence-corrected chi connectivity index (χ0v) is 15.4. The topological polar surface area (TPSA) is 76.7 Å². The van der Waals surface area contributed by atoms with Crippen molar-refractivity contribution in [2.45, 2.75) is 58.3 Å². The first-order chi connectivity index (χ1) is 11.6. The van der Waals surface area contributed by atoms with Gasteiger partial charge in [0.2, 0.25) is 5.91 Å². The van der Waals surface area contributed by atoms with Gasteiger partial charge in [-0.25, -0.2) is 0 Å². The largest absolute Gasteiger partial charge is 0.495 e. The lowest BCUT2D eigenvalue weighted by atomic mass is 9.76. The predicted octanol–water partition coefficient (Wildman–Crippen LogP) is 0.913. The highest BCUT2D eigenvalue weighted by Crippen LogP contribution is 2.36. The number of hydrogen-bond acceptors (Lipinski definition) is 4. The fraction of sp³-hybridized carbons (Fsp3) is 0.556. The molecule has 0 aromatic heterocycles. The third-order valence-corrected chi connectivity index (χ3v) is 5.39. The minimum atomic E-state index is -0.456. The molecule has 2 fully saturated rings. The molecule has 3 rings (SSSR count). The summed E-state index contributed by atoms with van der Waals surface area (Å²) < 4.78 is 12.2. The highest BCUT2D eigenvalue weighted by atomic mass is 16.7. The molecule has 134 valence electrons. The molecule has 2 amide bonds. The number of hydrogen-bond donors (Lipinski definition) is 2. The Morgan fingerprint density at radius 2 is 1.88 bits per heavy atom. The van der Waals surface area contributed by atoms with E-state index in [-0.39, 0.29) is 11.8 Å². The molecule has 7 heteroatoms. The van der Waals surface area contributed by atoms with Crippen molar-refractivity contribution < 1.29 is 18.9 Å². The Morgan fingerprint density at radius 1 is 1.24 bits per heavy atom. The van der Waals surface area contributed by atoms with Gasteiger partial charge in [0.15, 0.2) is 0 Å². The van der Waals surface area contributed by atoms with Crippen LogP contribution < -0.4 is 16.1 Å². The summed E-state index contributed by atoms with van der Waals surface area (Å²) in [6.45, 7) is 10.6. The molecule has 25 heavy (non-hydrogen) atoms. The molecule has 2 N–H and O–H groups in total. The summed E-state index contributed by atoms with van der Waals surface area (Å²) >= 11 is 0. The molecular formula is C18H25BN2O4. The quantitative estimate of drug-likeness (QED) is 0.800. The van der Waals surface area contributed by atoms with Crippen molar-refractivity contribution in [3.63, 3.8) is 0 Å². The van der Waals surface area contributed by atoms with Crippen LogP contribution in [0.25, 0.3) is 0 Å². The Balaban J connectivity index is 1.75. The molecule has 2 aliphatic rings. The van der Waals surface area contributed by atoms with Crippen LogP contribution in [0.4, 0.5) is 0 Å². The number of carbonyl (C=O) groups is 2. The molecule has 0 spiro atoms. The van der Waals surface area contributed by atoms with Gasteiger partial charge in [-0.1, -0.05) is 11.6 Å². The van der Waals surface area contributed by atoms with Crippen molar-refractivity contribution in [3.8, 4) is 0 Å². The van der Waals surface area contributed by atoms with Crippen molar-refractivity contribution in [1.82, 2.24) is 10.6 Å². The molecule has 2 heterocycles. The molecule has 0 bridgehead atoms. The lowest BCUT2D eigenvalue weighted by Crippen LogP contribution is -2.41. The second-order valence-corrected chi connectivity index (χ2v) is 7.77. The molecule has 0 radical (unpaired) electrons. The molecule has 2 saturated heterocycles. The van der Waals surface area contributed by atoms with Crippen molar-refractivity contribution in [1.29, 1.82) is 0 Å². The highest BCUT2D eigenvalue weighted by Gasteiger charge is 2.52. The maximum atomic E-state index is 12.4. The standard InChI is InChI=1S/C18H25BN2O4/c1-11-10-12(15(22)21-14-8-9-20-16(14)23)6-7-13(11)19-24-17(2,3)18(4,5)25-19/h6-7,10,14H,8-9H2,1-5H3,(H,20,23)(H,21,22)/t14-/m0/s1. The fourth-order valence-electron chi connectivity index (χ4n) is 3.02. The van der Waals surface area contributed by atoms with Crippen LogP contribution in [-0.4, -0.2) is 42.7 Å². The van der Waals surface area contributed by atoms with Crippen LogP contribution in [0.15, 0.2) is 18.2 Å². The van der Waals surface area contributed by atoms with Crippen LogP contribution in [0.5, 0.6) is 0 Å². The van der Waals surface area contributed by atoms with E-state index in [1.54, 1.807) is 6.07 Å². The van der Waals surface area contributed by atoms with Gasteiger partial charge >= 0.3 is 7.12 Å². The van der Waals surface area contributed by atoms with Gasteiger partial charge in [0.25, 0.3) is 5.91 Å². The number of rotatable bonds is 3. The summed E-state index contributed by atoms with van der Waals surface area (Å²) in [6.07, 6.45) is 0.621. The first-order valence-electron chi connectivity index (χ1n) is 8.65. The van der Waals surface area contributed by atoms with E-state index < -0.39 is 24.4 Å². The molecular weight excluding hydrogens is 319 g/mol. The van der Waals surface area contributed by atoms with Crippen LogP contribution in [0.1, 0.15) is 50.0 Å². The SMILES string of the molecule is Cc1cc(C(=O)N[C@H]2CCNC2=O)ccc1B1OC(C)(C)C(C)(C)O1. The third kappa shape index (κ3) is 3.31. The summed E-state index contributed by atoms with van der Waals surface area (Å²) in [5, 5.41) is 5.49. The first kappa shape index (κ1) is 18.0. The van der Waals surface area contributed by atoms with Gasteiger partial charge in [-0.2, -0.15) is 0 Å². The summed E-state index contributed by atoms with van der Waals surface area (Å²) in [7, 11) is -0.456. The Bertz CT molecular complexity index is 701. The van der Waals surface area contributed by atoms with Gasteiger partial charge in [-0.15, -0.1) is 0 Å². The highest BCUT2D eigenvalue weighted by molar-refractivity contribution is 6.62. The molecule has 1 atom stereocenters. The van der Waals surface area contributed by atoms with Gasteiger partial charge in [0, 0.05) is 12.1 Å². The number of aryl methyl sites for hydroxylation is 1. The maximum Gasteiger partial charge on any atom is 0.495 e. The zero-order valence-electron chi connectivity index (χ0n) is 15.4. The molecule has 6 nitrogen and oxygen atoms in total. The first-order valence-corrected chi connectivity index (χ1v) is 8.65. The van der Waals surface area contributed by atoms with Crippen LogP contribution in [0.2, 0.25) is 0 Å². The molecule has 1 aromatic rings. The Hall–Kier alpha value is -1.86. The van der Waals surface area contributed by atoms with Gasteiger partial charge in [0.1, 0.15) is 6.04 Å². The molecule has 1 aromatic carbocycles. The fourth-order valence-corrected chi connectivity index (χ4v) is 3.02. The lowest BCUT2D eigenvalue weighted by Gasteiger charge is -2.32. The zero-order chi connectivity index (χ0) is 18.4. The smallest absolute Gasteiger partial charge is 0.399 e. The second kappa shape index (κ2) is 6.14. The van der Waals surface area contributed by atoms with Crippen molar-refractivity contribution in [2.75, 3.05) is 6.54 Å². The molecule has 2 aliphatic heterocycles. The summed E-state index contributed by atoms with van der Waals surface area (Å²) in [4.78, 5) is 24.0. The van der Waals surface area contributed by atoms with Crippen LogP contribution >= 0.6 is 0 Å². The van der Waals surface area contributed by atoms with Crippen molar-refractivity contribution in [2.24, 2.45) is 0 Å². The van der Waals surface area contributed by atoms with E-state index in [1.807, 2.05) is 46.8 Å². The van der Waals surface area contributed by atoms with Crippen molar-refractivity contribution in [3.05, 3.63) is 29.3 Å². The predicted molar refractivity (Wildman–Crippen MR) is 95.8 cm³/mol. The monoisotopic (exact) mass is 344 g/mol. The molecule has 0 saturated carbocycles.